The SMILES string of the molecule is Cc1cc(C(N)=S)ccc1S(=O)(=O)N(C)C1CCOCC1. The molecule has 0 spiro atoms. The van der Waals surface area contributed by atoms with Gasteiger partial charge in [-0.3, -0.25) is 0 Å². The van der Waals surface area contributed by atoms with Crippen LogP contribution in [0, 0.1) is 6.92 Å². The molecule has 1 saturated heterocycles. The summed E-state index contributed by atoms with van der Waals surface area (Å²) in [6.07, 6.45) is 1.44. The van der Waals surface area contributed by atoms with E-state index in [1.807, 2.05) is 0 Å². The van der Waals surface area contributed by atoms with E-state index >= 15 is 0 Å². The van der Waals surface area contributed by atoms with Crippen molar-refractivity contribution < 1.29 is 13.2 Å². The Balaban J connectivity index is 2.32. The molecule has 0 bridgehead atoms. The smallest absolute Gasteiger partial charge is 0.243 e. The quantitative estimate of drug-likeness (QED) is 0.847. The van der Waals surface area contributed by atoms with Gasteiger partial charge >= 0.3 is 0 Å². The van der Waals surface area contributed by atoms with E-state index in [0.717, 1.165) is 12.8 Å². The van der Waals surface area contributed by atoms with Gasteiger partial charge in [-0.15, -0.1) is 0 Å². The van der Waals surface area contributed by atoms with Crippen LogP contribution in [-0.4, -0.2) is 44.0 Å². The average Bonchev–Trinajstić information content (AvgIpc) is 2.46. The van der Waals surface area contributed by atoms with Crippen molar-refractivity contribution in [2.24, 2.45) is 5.73 Å². The van der Waals surface area contributed by atoms with Gasteiger partial charge in [-0.05, 0) is 37.5 Å². The summed E-state index contributed by atoms with van der Waals surface area (Å²) in [4.78, 5) is 0.566. The van der Waals surface area contributed by atoms with E-state index in [1.54, 1.807) is 32.2 Å². The van der Waals surface area contributed by atoms with E-state index < -0.39 is 10.0 Å². The predicted molar refractivity (Wildman–Crippen MR) is 85.9 cm³/mol. The van der Waals surface area contributed by atoms with Crippen LogP contribution in [0.3, 0.4) is 0 Å². The molecular weight excluding hydrogens is 308 g/mol. The summed E-state index contributed by atoms with van der Waals surface area (Å²) >= 11 is 4.92. The monoisotopic (exact) mass is 328 g/mol. The Labute approximate surface area is 131 Å². The zero-order valence-electron chi connectivity index (χ0n) is 12.2. The first-order chi connectivity index (χ1) is 9.84. The summed E-state index contributed by atoms with van der Waals surface area (Å²) in [7, 11) is -1.89. The second-order valence-electron chi connectivity index (χ2n) is 5.21. The molecule has 1 heterocycles. The molecule has 0 aromatic heterocycles. The minimum Gasteiger partial charge on any atom is -0.389 e. The number of thiocarbonyl (C=S) groups is 1. The molecule has 2 N–H and O–H groups in total. The highest BCUT2D eigenvalue weighted by atomic mass is 32.2. The minimum atomic E-state index is -3.52. The van der Waals surface area contributed by atoms with Crippen LogP contribution in [0.15, 0.2) is 23.1 Å². The third-order valence-corrected chi connectivity index (χ3v) is 6.13. The number of aryl methyl sites for hydroxylation is 1. The van der Waals surface area contributed by atoms with Crippen LogP contribution in [-0.2, 0) is 14.8 Å². The molecule has 0 saturated carbocycles. The Morgan fingerprint density at radius 1 is 1.38 bits per heavy atom. The van der Waals surface area contributed by atoms with E-state index in [9.17, 15) is 8.42 Å². The van der Waals surface area contributed by atoms with Crippen molar-refractivity contribution in [2.45, 2.75) is 30.7 Å². The van der Waals surface area contributed by atoms with Crippen molar-refractivity contribution in [2.75, 3.05) is 20.3 Å². The number of benzene rings is 1. The van der Waals surface area contributed by atoms with Gasteiger partial charge in [0, 0.05) is 31.9 Å². The van der Waals surface area contributed by atoms with Crippen molar-refractivity contribution in [1.82, 2.24) is 4.31 Å². The van der Waals surface area contributed by atoms with Gasteiger partial charge in [0.2, 0.25) is 10.0 Å². The molecule has 21 heavy (non-hydrogen) atoms. The topological polar surface area (TPSA) is 72.6 Å². The van der Waals surface area contributed by atoms with Gasteiger partial charge in [0.25, 0.3) is 0 Å². The molecular formula is C14H20N2O3S2. The molecule has 0 amide bonds. The maximum absolute atomic E-state index is 12.8. The number of hydrogen-bond donors (Lipinski definition) is 1. The van der Waals surface area contributed by atoms with Gasteiger partial charge in [-0.1, -0.05) is 18.3 Å². The molecule has 5 nitrogen and oxygen atoms in total. The summed E-state index contributed by atoms with van der Waals surface area (Å²) in [5.41, 5.74) is 6.90. The fourth-order valence-corrected chi connectivity index (χ4v) is 4.24. The predicted octanol–water partition coefficient (Wildman–Crippen LogP) is 1.43. The van der Waals surface area contributed by atoms with Gasteiger partial charge in [0.1, 0.15) is 4.99 Å². The van der Waals surface area contributed by atoms with Gasteiger partial charge in [-0.25, -0.2) is 8.42 Å². The van der Waals surface area contributed by atoms with Gasteiger partial charge in [0.15, 0.2) is 0 Å². The fourth-order valence-electron chi connectivity index (χ4n) is 2.49. The van der Waals surface area contributed by atoms with Gasteiger partial charge in [-0.2, -0.15) is 4.31 Å². The van der Waals surface area contributed by atoms with E-state index in [2.05, 4.69) is 0 Å². The van der Waals surface area contributed by atoms with Crippen LogP contribution >= 0.6 is 12.2 Å². The summed E-state index contributed by atoms with van der Waals surface area (Å²) in [5.74, 6) is 0. The molecule has 1 aromatic rings. The lowest BCUT2D eigenvalue weighted by Crippen LogP contribution is -2.40. The molecule has 2 rings (SSSR count). The third-order valence-electron chi connectivity index (χ3n) is 3.82. The van der Waals surface area contributed by atoms with E-state index in [0.29, 0.717) is 29.2 Å². The normalized spacial score (nSPS) is 17.1. The highest BCUT2D eigenvalue weighted by Gasteiger charge is 2.30. The number of hydrogen-bond acceptors (Lipinski definition) is 4. The van der Waals surface area contributed by atoms with Crippen LogP contribution in [0.2, 0.25) is 0 Å². The van der Waals surface area contributed by atoms with Crippen molar-refractivity contribution in [1.29, 1.82) is 0 Å². The van der Waals surface area contributed by atoms with Crippen molar-refractivity contribution in [3.63, 3.8) is 0 Å². The average molecular weight is 328 g/mol. The van der Waals surface area contributed by atoms with E-state index in [1.165, 1.54) is 4.31 Å². The third kappa shape index (κ3) is 3.42. The molecule has 116 valence electrons. The van der Waals surface area contributed by atoms with Crippen LogP contribution in [0.4, 0.5) is 0 Å². The van der Waals surface area contributed by atoms with E-state index in [4.69, 9.17) is 22.7 Å². The highest BCUT2D eigenvalue weighted by Crippen LogP contribution is 2.24. The number of sulfonamides is 1. The summed E-state index contributed by atoms with van der Waals surface area (Å²) in [5, 5.41) is 0. The maximum atomic E-state index is 12.8. The Hall–Kier alpha value is -1.02. The molecule has 0 aliphatic carbocycles. The Morgan fingerprint density at radius 3 is 2.52 bits per heavy atom. The van der Waals surface area contributed by atoms with Crippen LogP contribution in [0.5, 0.6) is 0 Å². The minimum absolute atomic E-state index is 0.0154. The summed E-state index contributed by atoms with van der Waals surface area (Å²) in [6.45, 7) is 2.96. The molecule has 0 atom stereocenters. The number of ether oxygens (including phenoxy) is 1. The molecule has 1 aromatic carbocycles. The molecule has 1 aliphatic rings. The Morgan fingerprint density at radius 2 is 2.00 bits per heavy atom. The molecule has 0 unspecified atom stereocenters. The maximum Gasteiger partial charge on any atom is 0.243 e. The largest absolute Gasteiger partial charge is 0.389 e. The standard InChI is InChI=1S/C14H20N2O3S2/c1-10-9-11(14(15)20)3-4-13(10)21(17,18)16(2)12-5-7-19-8-6-12/h3-4,9,12H,5-8H2,1-2H3,(H2,15,20). The molecule has 7 heteroatoms. The zero-order chi connectivity index (χ0) is 15.6. The van der Waals surface area contributed by atoms with Crippen molar-refractivity contribution >= 4 is 27.2 Å². The van der Waals surface area contributed by atoms with Crippen LogP contribution < -0.4 is 5.73 Å². The molecule has 0 radical (unpaired) electrons. The lowest BCUT2D eigenvalue weighted by Gasteiger charge is -2.30. The lowest BCUT2D eigenvalue weighted by molar-refractivity contribution is 0.0632. The molecule has 1 fully saturated rings. The van der Waals surface area contributed by atoms with Gasteiger partial charge in [0.05, 0.1) is 4.90 Å². The second kappa shape index (κ2) is 6.39. The Bertz CT molecular complexity index is 638. The summed E-state index contributed by atoms with van der Waals surface area (Å²) in [6, 6.07) is 4.93. The van der Waals surface area contributed by atoms with Crippen molar-refractivity contribution in [3.05, 3.63) is 29.3 Å². The first-order valence-electron chi connectivity index (χ1n) is 6.80. The van der Waals surface area contributed by atoms with Crippen LogP contribution in [0.25, 0.3) is 0 Å². The van der Waals surface area contributed by atoms with Crippen molar-refractivity contribution in [3.8, 4) is 0 Å². The molecule has 1 aliphatic heterocycles. The van der Waals surface area contributed by atoms with Crippen LogP contribution in [0.1, 0.15) is 24.0 Å². The second-order valence-corrected chi connectivity index (χ2v) is 7.62. The summed E-state index contributed by atoms with van der Waals surface area (Å²) < 4.78 is 32.2. The number of rotatable bonds is 4. The number of nitrogens with two attached hydrogens (primary N) is 1. The Kier molecular flexibility index (Phi) is 4.98. The van der Waals surface area contributed by atoms with Gasteiger partial charge < -0.3 is 10.5 Å². The first kappa shape index (κ1) is 16.4. The zero-order valence-corrected chi connectivity index (χ0v) is 13.8. The van der Waals surface area contributed by atoms with E-state index in [-0.39, 0.29) is 11.0 Å². The first-order valence-corrected chi connectivity index (χ1v) is 8.65. The fraction of sp³-hybridized carbons (Fsp3) is 0.500. The number of nitrogens with zero attached hydrogens (tertiary/aromatic N) is 1. The lowest BCUT2D eigenvalue weighted by atomic mass is 10.1. The highest BCUT2D eigenvalue weighted by molar-refractivity contribution is 7.89.